The van der Waals surface area contributed by atoms with Gasteiger partial charge in [-0.25, -0.2) is 0 Å². The summed E-state index contributed by atoms with van der Waals surface area (Å²) in [6, 6.07) is 0. The minimum atomic E-state index is -0.500. The summed E-state index contributed by atoms with van der Waals surface area (Å²) in [5, 5.41) is 17.0. The second-order valence-corrected chi connectivity index (χ2v) is 2.35. The molecular formula is C6H15NO3. The molecule has 0 atom stereocenters. The Balaban J connectivity index is 0. The Kier molecular flexibility index (Phi) is 10.1. The summed E-state index contributed by atoms with van der Waals surface area (Å²) in [7, 11) is 0.889. The lowest BCUT2D eigenvalue weighted by molar-refractivity contribution is -0.445. The fourth-order valence-electron chi connectivity index (χ4n) is 0.258. The van der Waals surface area contributed by atoms with E-state index >= 15 is 0 Å². The van der Waals surface area contributed by atoms with Gasteiger partial charge >= 0.3 is 0 Å². The van der Waals surface area contributed by atoms with E-state index in [0.717, 1.165) is 13.5 Å². The highest BCUT2D eigenvalue weighted by molar-refractivity contribution is 4.38. The van der Waals surface area contributed by atoms with E-state index in [9.17, 15) is 0 Å². The maximum Gasteiger partial charge on any atom is 0.194 e. The van der Waals surface area contributed by atoms with Crippen molar-refractivity contribution in [3.63, 3.8) is 0 Å². The van der Waals surface area contributed by atoms with Gasteiger partial charge in [0.2, 0.25) is 0 Å². The van der Waals surface area contributed by atoms with E-state index in [2.05, 4.69) is 13.8 Å². The third-order valence-electron chi connectivity index (χ3n) is 0.706. The van der Waals surface area contributed by atoms with E-state index in [-0.39, 0.29) is 0 Å². The van der Waals surface area contributed by atoms with Crippen LogP contribution >= 0.6 is 0 Å². The van der Waals surface area contributed by atoms with Gasteiger partial charge in [-0.1, -0.05) is 13.8 Å². The molecule has 0 fully saturated rings. The summed E-state index contributed by atoms with van der Waals surface area (Å²) in [6.45, 7) is 4.52. The first-order valence-electron chi connectivity index (χ1n) is 3.19. The predicted molar refractivity (Wildman–Crippen MR) is 39.5 cm³/mol. The average Bonchev–Trinajstić information content (AvgIpc) is 1.62. The largest absolute Gasteiger partial charge is 0.396 e. The van der Waals surface area contributed by atoms with Crippen LogP contribution in [0, 0.1) is 16.0 Å². The van der Waals surface area contributed by atoms with Crippen LogP contribution < -0.4 is 0 Å². The molecule has 0 saturated carbocycles. The molecule has 0 radical (unpaired) electrons. The fraction of sp³-hybridized carbons (Fsp3) is 1.00. The van der Waals surface area contributed by atoms with Gasteiger partial charge in [0.15, 0.2) is 7.05 Å². The summed E-state index contributed by atoms with van der Waals surface area (Å²) in [5.74, 6) is 0.648. The highest BCUT2D eigenvalue weighted by Gasteiger charge is 1.86. The normalized spacial score (nSPS) is 8.50. The molecule has 0 amide bonds. The standard InChI is InChI=1S/C5H12O.CH3NO2/c1-5(2)3-4-6;1-2(3)4/h5-6H,3-4H2,1-2H3;1H3. The predicted octanol–water partition coefficient (Wildman–Crippen LogP) is 0.918. The minimum absolute atomic E-state index is 0.331. The van der Waals surface area contributed by atoms with Crippen molar-refractivity contribution in [2.24, 2.45) is 5.92 Å². The van der Waals surface area contributed by atoms with Crippen LogP contribution in [0.5, 0.6) is 0 Å². The van der Waals surface area contributed by atoms with E-state index in [1.165, 1.54) is 0 Å². The van der Waals surface area contributed by atoms with Crippen molar-refractivity contribution in [2.45, 2.75) is 20.3 Å². The maximum absolute atomic E-state index is 8.81. The molecule has 0 unspecified atom stereocenters. The first kappa shape index (κ1) is 12.1. The number of nitrogens with zero attached hydrogens (tertiary/aromatic N) is 1. The van der Waals surface area contributed by atoms with Crippen LogP contribution in [0.1, 0.15) is 20.3 Å². The molecular weight excluding hydrogens is 134 g/mol. The van der Waals surface area contributed by atoms with Crippen LogP contribution in [0.3, 0.4) is 0 Å². The van der Waals surface area contributed by atoms with Gasteiger partial charge in [0.25, 0.3) is 0 Å². The highest BCUT2D eigenvalue weighted by Crippen LogP contribution is 1.94. The first-order valence-corrected chi connectivity index (χ1v) is 3.19. The first-order chi connectivity index (χ1) is 4.50. The Morgan fingerprint density at radius 1 is 1.60 bits per heavy atom. The fourth-order valence-corrected chi connectivity index (χ4v) is 0.258. The van der Waals surface area contributed by atoms with Crippen LogP contribution in [0.4, 0.5) is 0 Å². The summed E-state index contributed by atoms with van der Waals surface area (Å²) in [6.07, 6.45) is 0.931. The summed E-state index contributed by atoms with van der Waals surface area (Å²) in [4.78, 5) is 8.31. The molecule has 0 spiro atoms. The van der Waals surface area contributed by atoms with Crippen LogP contribution in [-0.4, -0.2) is 23.7 Å². The van der Waals surface area contributed by atoms with E-state index < -0.39 is 4.92 Å². The lowest BCUT2D eigenvalue weighted by Gasteiger charge is -1.95. The molecule has 0 aromatic heterocycles. The average molecular weight is 149 g/mol. The molecule has 0 aliphatic heterocycles. The number of nitro groups is 1. The van der Waals surface area contributed by atoms with Crippen molar-refractivity contribution in [3.05, 3.63) is 10.1 Å². The molecule has 62 valence electrons. The molecule has 0 aromatic rings. The Labute approximate surface area is 61.0 Å². The topological polar surface area (TPSA) is 63.4 Å². The number of aliphatic hydroxyl groups excluding tert-OH is 1. The Morgan fingerprint density at radius 3 is 1.90 bits per heavy atom. The molecule has 4 nitrogen and oxygen atoms in total. The van der Waals surface area contributed by atoms with Gasteiger partial charge < -0.3 is 5.11 Å². The number of aliphatic hydroxyl groups is 1. The smallest absolute Gasteiger partial charge is 0.194 e. The van der Waals surface area contributed by atoms with Crippen molar-refractivity contribution in [1.29, 1.82) is 0 Å². The van der Waals surface area contributed by atoms with Gasteiger partial charge in [0, 0.05) is 11.5 Å². The minimum Gasteiger partial charge on any atom is -0.396 e. The van der Waals surface area contributed by atoms with Gasteiger partial charge in [0.05, 0.1) is 0 Å². The molecule has 0 aromatic carbocycles. The SMILES string of the molecule is CC(C)CCO.C[N+](=O)[O-]. The monoisotopic (exact) mass is 149 g/mol. The van der Waals surface area contributed by atoms with E-state index in [1.807, 2.05) is 0 Å². The zero-order valence-electron chi connectivity index (χ0n) is 6.70. The summed E-state index contributed by atoms with van der Waals surface area (Å²) in [5.41, 5.74) is 0. The lowest BCUT2D eigenvalue weighted by atomic mass is 10.2. The summed E-state index contributed by atoms with van der Waals surface area (Å²) >= 11 is 0. The van der Waals surface area contributed by atoms with Gasteiger partial charge in [-0.05, 0) is 12.3 Å². The quantitative estimate of drug-likeness (QED) is 0.469. The van der Waals surface area contributed by atoms with Crippen molar-refractivity contribution >= 4 is 0 Å². The molecule has 0 saturated heterocycles. The molecule has 0 rings (SSSR count). The van der Waals surface area contributed by atoms with Gasteiger partial charge in [0.1, 0.15) is 0 Å². The van der Waals surface area contributed by atoms with Crippen molar-refractivity contribution in [1.82, 2.24) is 0 Å². The zero-order chi connectivity index (χ0) is 8.57. The maximum atomic E-state index is 8.81. The number of hydrogen-bond donors (Lipinski definition) is 1. The van der Waals surface area contributed by atoms with Crippen LogP contribution in [0.15, 0.2) is 0 Å². The molecule has 0 bridgehead atoms. The number of hydrogen-bond acceptors (Lipinski definition) is 3. The van der Waals surface area contributed by atoms with Crippen LogP contribution in [0.25, 0.3) is 0 Å². The third-order valence-corrected chi connectivity index (χ3v) is 0.706. The third kappa shape index (κ3) is 53.5. The molecule has 10 heavy (non-hydrogen) atoms. The Morgan fingerprint density at radius 2 is 1.90 bits per heavy atom. The van der Waals surface area contributed by atoms with Crippen molar-refractivity contribution in [2.75, 3.05) is 13.7 Å². The second-order valence-electron chi connectivity index (χ2n) is 2.35. The van der Waals surface area contributed by atoms with Crippen LogP contribution in [0.2, 0.25) is 0 Å². The Bertz CT molecular complexity index is 79.1. The van der Waals surface area contributed by atoms with E-state index in [4.69, 9.17) is 15.2 Å². The zero-order valence-corrected chi connectivity index (χ0v) is 6.70. The van der Waals surface area contributed by atoms with Gasteiger partial charge in [-0.3, -0.25) is 10.1 Å². The molecule has 0 heterocycles. The Hall–Kier alpha value is -0.640. The molecule has 4 heteroatoms. The highest BCUT2D eigenvalue weighted by atomic mass is 16.6. The molecule has 0 aliphatic carbocycles. The van der Waals surface area contributed by atoms with Gasteiger partial charge in [-0.15, -0.1) is 0 Å². The number of rotatable bonds is 2. The molecule has 1 N–H and O–H groups in total. The van der Waals surface area contributed by atoms with Crippen molar-refractivity contribution < 1.29 is 10.0 Å². The van der Waals surface area contributed by atoms with Crippen molar-refractivity contribution in [3.8, 4) is 0 Å². The van der Waals surface area contributed by atoms with E-state index in [1.54, 1.807) is 0 Å². The lowest BCUT2D eigenvalue weighted by Crippen LogP contribution is -1.89. The summed E-state index contributed by atoms with van der Waals surface area (Å²) < 4.78 is 0. The van der Waals surface area contributed by atoms with E-state index in [0.29, 0.717) is 12.5 Å². The van der Waals surface area contributed by atoms with Crippen LogP contribution in [-0.2, 0) is 0 Å². The second kappa shape index (κ2) is 8.36. The van der Waals surface area contributed by atoms with Gasteiger partial charge in [-0.2, -0.15) is 0 Å². The molecule has 0 aliphatic rings.